The quantitative estimate of drug-likeness (QED) is 0.932. The molecule has 1 heterocycles. The van der Waals surface area contributed by atoms with Crippen LogP contribution in [0.4, 0.5) is 4.39 Å². The van der Waals surface area contributed by atoms with Crippen molar-refractivity contribution in [2.75, 3.05) is 6.54 Å². The van der Waals surface area contributed by atoms with Crippen molar-refractivity contribution in [2.24, 2.45) is 0 Å². The number of carbonyl (C=O) groups is 2. The molecule has 114 valence electrons. The van der Waals surface area contributed by atoms with E-state index in [-0.39, 0.29) is 23.1 Å². The lowest BCUT2D eigenvalue weighted by Crippen LogP contribution is -2.41. The first kappa shape index (κ1) is 15.5. The van der Waals surface area contributed by atoms with Crippen molar-refractivity contribution in [3.05, 3.63) is 29.6 Å². The Bertz CT molecular complexity index is 544. The second-order valence-corrected chi connectivity index (χ2v) is 5.57. The van der Waals surface area contributed by atoms with Gasteiger partial charge < -0.3 is 10.0 Å². The number of likely N-dealkylation sites (tertiary alicyclic amines) is 1. The van der Waals surface area contributed by atoms with E-state index in [1.54, 1.807) is 4.90 Å². The first-order valence-corrected chi connectivity index (χ1v) is 7.28. The highest BCUT2D eigenvalue weighted by Gasteiger charge is 2.28. The lowest BCUT2D eigenvalue weighted by molar-refractivity contribution is -0.118. The van der Waals surface area contributed by atoms with Crippen LogP contribution >= 0.6 is 0 Å². The largest absolute Gasteiger partial charge is 0.508 e. The van der Waals surface area contributed by atoms with Crippen LogP contribution in [0.5, 0.6) is 5.75 Å². The fourth-order valence-corrected chi connectivity index (χ4v) is 2.82. The van der Waals surface area contributed by atoms with Crippen molar-refractivity contribution >= 4 is 11.7 Å². The highest BCUT2D eigenvalue weighted by molar-refractivity contribution is 5.95. The molecule has 0 spiro atoms. The molecule has 2 rings (SSSR count). The molecule has 0 radical (unpaired) electrons. The molecule has 1 N–H and O–H groups in total. The minimum atomic E-state index is -0.731. The van der Waals surface area contributed by atoms with Gasteiger partial charge in [-0.2, -0.15) is 0 Å². The maximum atomic E-state index is 13.9. The number of ketones is 1. The van der Waals surface area contributed by atoms with Crippen LogP contribution in [0.2, 0.25) is 0 Å². The van der Waals surface area contributed by atoms with Crippen LogP contribution in [-0.2, 0) is 4.79 Å². The molecular weight excluding hydrogens is 273 g/mol. The number of aromatic hydroxyl groups is 1. The highest BCUT2D eigenvalue weighted by Crippen LogP contribution is 2.24. The Morgan fingerprint density at radius 1 is 1.33 bits per heavy atom. The molecule has 1 saturated heterocycles. The van der Waals surface area contributed by atoms with Gasteiger partial charge in [0.15, 0.2) is 0 Å². The second-order valence-electron chi connectivity index (χ2n) is 5.57. The van der Waals surface area contributed by atoms with E-state index in [0.717, 1.165) is 31.7 Å². The number of carbonyl (C=O) groups excluding carboxylic acids is 2. The fraction of sp³-hybridized carbons (Fsp3) is 0.500. The van der Waals surface area contributed by atoms with Crippen molar-refractivity contribution in [1.82, 2.24) is 4.90 Å². The van der Waals surface area contributed by atoms with Crippen molar-refractivity contribution in [2.45, 2.75) is 45.1 Å². The Labute approximate surface area is 123 Å². The smallest absolute Gasteiger partial charge is 0.257 e. The number of halogens is 1. The van der Waals surface area contributed by atoms with Crippen molar-refractivity contribution < 1.29 is 19.1 Å². The first-order chi connectivity index (χ1) is 9.99. The van der Waals surface area contributed by atoms with Gasteiger partial charge in [0.25, 0.3) is 5.91 Å². The van der Waals surface area contributed by atoms with Gasteiger partial charge in [-0.3, -0.25) is 9.59 Å². The summed E-state index contributed by atoms with van der Waals surface area (Å²) >= 11 is 0. The number of rotatable bonds is 3. The minimum absolute atomic E-state index is 0.0332. The molecular formula is C16H20FNO3. The van der Waals surface area contributed by atoms with Crippen molar-refractivity contribution in [1.29, 1.82) is 0 Å². The molecule has 1 atom stereocenters. The Hall–Kier alpha value is -1.91. The lowest BCUT2D eigenvalue weighted by atomic mass is 10.0. The molecule has 5 heteroatoms. The molecule has 1 fully saturated rings. The molecule has 4 nitrogen and oxygen atoms in total. The van der Waals surface area contributed by atoms with Gasteiger partial charge in [0, 0.05) is 25.1 Å². The van der Waals surface area contributed by atoms with Gasteiger partial charge in [-0.1, -0.05) is 12.8 Å². The summed E-state index contributed by atoms with van der Waals surface area (Å²) in [5, 5.41) is 9.24. The summed E-state index contributed by atoms with van der Waals surface area (Å²) in [4.78, 5) is 25.6. The zero-order chi connectivity index (χ0) is 15.4. The summed E-state index contributed by atoms with van der Waals surface area (Å²) in [5.41, 5.74) is -0.0525. The average Bonchev–Trinajstić information content (AvgIpc) is 2.63. The number of amides is 1. The van der Waals surface area contributed by atoms with Gasteiger partial charge in [-0.15, -0.1) is 0 Å². The zero-order valence-corrected chi connectivity index (χ0v) is 12.1. The molecule has 1 aromatic rings. The number of Topliss-reactive ketones (excluding diaryl/α,β-unsaturated/α-hetero) is 1. The van der Waals surface area contributed by atoms with E-state index in [4.69, 9.17) is 0 Å². The van der Waals surface area contributed by atoms with Gasteiger partial charge in [0.2, 0.25) is 0 Å². The van der Waals surface area contributed by atoms with Crippen molar-refractivity contribution in [3.63, 3.8) is 0 Å². The summed E-state index contributed by atoms with van der Waals surface area (Å²) in [6, 6.07) is 3.37. The standard InChI is InChI=1S/C16H20FNO3/c1-11(19)9-12-5-3-2-4-8-18(12)16(21)14-7-6-13(20)10-15(14)17/h6-7,10,12,20H,2-5,8-9H2,1H3. The zero-order valence-electron chi connectivity index (χ0n) is 12.1. The summed E-state index contributed by atoms with van der Waals surface area (Å²) in [5.74, 6) is -1.31. The normalized spacial score (nSPS) is 19.1. The van der Waals surface area contributed by atoms with Gasteiger partial charge in [-0.05, 0) is 31.9 Å². The van der Waals surface area contributed by atoms with Crippen LogP contribution in [0.1, 0.15) is 49.4 Å². The number of phenolic OH excluding ortho intramolecular Hbond substituents is 1. The SMILES string of the molecule is CC(=O)CC1CCCCCN1C(=O)c1ccc(O)cc1F. The third-order valence-electron chi connectivity index (χ3n) is 3.84. The number of hydrogen-bond donors (Lipinski definition) is 1. The predicted molar refractivity (Wildman–Crippen MR) is 76.7 cm³/mol. The highest BCUT2D eigenvalue weighted by atomic mass is 19.1. The van der Waals surface area contributed by atoms with Crippen LogP contribution in [0.15, 0.2) is 18.2 Å². The van der Waals surface area contributed by atoms with E-state index in [1.807, 2.05) is 0 Å². The van der Waals surface area contributed by atoms with E-state index >= 15 is 0 Å². The Morgan fingerprint density at radius 3 is 2.76 bits per heavy atom. The predicted octanol–water partition coefficient (Wildman–Crippen LogP) is 2.90. The maximum Gasteiger partial charge on any atom is 0.257 e. The number of phenols is 1. The van der Waals surface area contributed by atoms with Crippen molar-refractivity contribution in [3.8, 4) is 5.75 Å². The molecule has 1 aliphatic rings. The molecule has 0 aromatic heterocycles. The number of hydrogen-bond acceptors (Lipinski definition) is 3. The maximum absolute atomic E-state index is 13.9. The van der Waals surface area contributed by atoms with E-state index in [2.05, 4.69) is 0 Å². The molecule has 1 unspecified atom stereocenters. The van der Waals surface area contributed by atoms with Gasteiger partial charge in [-0.25, -0.2) is 4.39 Å². The topological polar surface area (TPSA) is 57.6 Å². The first-order valence-electron chi connectivity index (χ1n) is 7.28. The van der Waals surface area contributed by atoms with E-state index in [1.165, 1.54) is 19.1 Å². The molecule has 1 amide bonds. The van der Waals surface area contributed by atoms with Crippen LogP contribution in [0, 0.1) is 5.82 Å². The monoisotopic (exact) mass is 293 g/mol. The molecule has 0 saturated carbocycles. The molecule has 1 aliphatic heterocycles. The van der Waals surface area contributed by atoms with Crippen LogP contribution in [0.3, 0.4) is 0 Å². The number of nitrogens with zero attached hydrogens (tertiary/aromatic N) is 1. The van der Waals surface area contributed by atoms with Crippen LogP contribution in [-0.4, -0.2) is 34.3 Å². The van der Waals surface area contributed by atoms with E-state index < -0.39 is 11.7 Å². The van der Waals surface area contributed by atoms with E-state index in [0.29, 0.717) is 13.0 Å². The van der Waals surface area contributed by atoms with Gasteiger partial charge in [0.05, 0.1) is 5.56 Å². The summed E-state index contributed by atoms with van der Waals surface area (Å²) in [6.07, 6.45) is 3.92. The Kier molecular flexibility index (Phi) is 4.94. The van der Waals surface area contributed by atoms with Gasteiger partial charge >= 0.3 is 0 Å². The Balaban J connectivity index is 2.26. The third-order valence-corrected chi connectivity index (χ3v) is 3.84. The van der Waals surface area contributed by atoms with E-state index in [9.17, 15) is 19.1 Å². The average molecular weight is 293 g/mol. The molecule has 0 bridgehead atoms. The molecule has 0 aliphatic carbocycles. The second kappa shape index (κ2) is 6.70. The summed E-state index contributed by atoms with van der Waals surface area (Å²) in [7, 11) is 0. The summed E-state index contributed by atoms with van der Waals surface area (Å²) in [6.45, 7) is 2.05. The minimum Gasteiger partial charge on any atom is -0.508 e. The van der Waals surface area contributed by atoms with Crippen LogP contribution < -0.4 is 0 Å². The third kappa shape index (κ3) is 3.80. The summed E-state index contributed by atoms with van der Waals surface area (Å²) < 4.78 is 13.9. The molecule has 1 aromatic carbocycles. The lowest BCUT2D eigenvalue weighted by Gasteiger charge is -2.29. The van der Waals surface area contributed by atoms with Crippen LogP contribution in [0.25, 0.3) is 0 Å². The fourth-order valence-electron chi connectivity index (χ4n) is 2.82. The number of benzene rings is 1. The Morgan fingerprint density at radius 2 is 2.10 bits per heavy atom. The molecule has 21 heavy (non-hydrogen) atoms. The van der Waals surface area contributed by atoms with Gasteiger partial charge in [0.1, 0.15) is 17.3 Å².